The van der Waals surface area contributed by atoms with Gasteiger partial charge in [0.25, 0.3) is 0 Å². The van der Waals surface area contributed by atoms with Gasteiger partial charge >= 0.3 is 6.09 Å². The number of aromatic nitrogens is 1. The van der Waals surface area contributed by atoms with Gasteiger partial charge in [-0.15, -0.1) is 0 Å². The van der Waals surface area contributed by atoms with Crippen molar-refractivity contribution >= 4 is 6.09 Å². The molecule has 1 heterocycles. The van der Waals surface area contributed by atoms with Crippen molar-refractivity contribution in [1.82, 2.24) is 10.3 Å². The number of carbonyl (C=O) groups is 1. The predicted octanol–water partition coefficient (Wildman–Crippen LogP) is 1.50. The molecule has 1 rings (SSSR count). The van der Waals surface area contributed by atoms with Crippen LogP contribution in [0.25, 0.3) is 0 Å². The van der Waals surface area contributed by atoms with E-state index in [0.29, 0.717) is 12.4 Å². The lowest BCUT2D eigenvalue weighted by molar-refractivity contribution is 0.199. The summed E-state index contributed by atoms with van der Waals surface area (Å²) in [5.74, 6) is 0.325. The lowest BCUT2D eigenvalue weighted by atomic mass is 10.4. The molecule has 1 N–H and O–H groups in total. The highest BCUT2D eigenvalue weighted by atomic mass is 16.6. The molecule has 0 spiro atoms. The number of hydrogen-bond acceptors (Lipinski definition) is 3. The third kappa shape index (κ3) is 3.11. The van der Waals surface area contributed by atoms with Gasteiger partial charge in [0.2, 0.25) is 5.88 Å². The topological polar surface area (TPSA) is 51.2 Å². The molecule has 0 atom stereocenters. The number of nitrogens with one attached hydrogen (secondary N) is 1. The molecule has 0 aliphatic carbocycles. The van der Waals surface area contributed by atoms with Gasteiger partial charge in [-0.25, -0.2) is 9.78 Å². The minimum Gasteiger partial charge on any atom is -0.391 e. The minimum absolute atomic E-state index is 0.325. The Kier molecular flexibility index (Phi) is 3.25. The second-order valence-corrected chi connectivity index (χ2v) is 2.54. The molecule has 0 aromatic carbocycles. The Balaban J connectivity index is 2.58. The summed E-state index contributed by atoms with van der Waals surface area (Å²) in [5, 5.41) is 2.51. The van der Waals surface area contributed by atoms with Crippen molar-refractivity contribution in [3.8, 4) is 5.88 Å². The Hall–Kier alpha value is -1.58. The second-order valence-electron chi connectivity index (χ2n) is 2.54. The van der Waals surface area contributed by atoms with Crippen LogP contribution in [0.5, 0.6) is 5.88 Å². The quantitative estimate of drug-likeness (QED) is 0.750. The molecular formula is C9H12N2O2. The zero-order chi connectivity index (χ0) is 9.68. The van der Waals surface area contributed by atoms with Crippen molar-refractivity contribution in [1.29, 1.82) is 0 Å². The predicted molar refractivity (Wildman–Crippen MR) is 48.7 cm³/mol. The molecule has 0 aliphatic heterocycles. The molecule has 0 saturated heterocycles. The lowest BCUT2D eigenvalue weighted by Gasteiger charge is -2.03. The van der Waals surface area contributed by atoms with Crippen molar-refractivity contribution in [2.75, 3.05) is 6.54 Å². The minimum atomic E-state index is -0.472. The monoisotopic (exact) mass is 180 g/mol. The number of carbonyl (C=O) groups excluding carboxylic acids is 1. The summed E-state index contributed by atoms with van der Waals surface area (Å²) in [5.41, 5.74) is 0.821. The van der Waals surface area contributed by atoms with Crippen LogP contribution in [0.4, 0.5) is 4.79 Å². The van der Waals surface area contributed by atoms with Gasteiger partial charge in [0.05, 0.1) is 0 Å². The van der Waals surface area contributed by atoms with Crippen LogP contribution in [0, 0.1) is 6.92 Å². The van der Waals surface area contributed by atoms with Crippen molar-refractivity contribution < 1.29 is 9.53 Å². The number of nitrogens with zero attached hydrogens (tertiary/aromatic N) is 1. The maximum absolute atomic E-state index is 11.0. The summed E-state index contributed by atoms with van der Waals surface area (Å²) in [4.78, 5) is 15.0. The summed E-state index contributed by atoms with van der Waals surface area (Å²) >= 11 is 0. The number of amides is 1. The van der Waals surface area contributed by atoms with E-state index in [9.17, 15) is 4.79 Å². The SMILES string of the molecule is CCNC(=O)Oc1cccc(C)n1. The molecule has 1 amide bonds. The molecule has 70 valence electrons. The van der Waals surface area contributed by atoms with E-state index in [1.54, 1.807) is 12.1 Å². The average molecular weight is 180 g/mol. The molecule has 0 fully saturated rings. The van der Waals surface area contributed by atoms with Gasteiger partial charge in [-0.1, -0.05) is 6.07 Å². The van der Waals surface area contributed by atoms with E-state index in [4.69, 9.17) is 4.74 Å². The summed E-state index contributed by atoms with van der Waals surface area (Å²) in [6.07, 6.45) is -0.472. The van der Waals surface area contributed by atoms with Gasteiger partial charge in [-0.3, -0.25) is 0 Å². The van der Waals surface area contributed by atoms with E-state index in [-0.39, 0.29) is 0 Å². The van der Waals surface area contributed by atoms with Crippen LogP contribution in [0.2, 0.25) is 0 Å². The molecule has 0 aliphatic rings. The zero-order valence-electron chi connectivity index (χ0n) is 7.70. The molecule has 0 unspecified atom stereocenters. The van der Waals surface area contributed by atoms with E-state index in [0.717, 1.165) is 5.69 Å². The first-order valence-corrected chi connectivity index (χ1v) is 4.11. The fraction of sp³-hybridized carbons (Fsp3) is 0.333. The van der Waals surface area contributed by atoms with Crippen LogP contribution in [0.1, 0.15) is 12.6 Å². The fourth-order valence-electron chi connectivity index (χ4n) is 0.850. The molecule has 0 saturated carbocycles. The largest absolute Gasteiger partial charge is 0.413 e. The van der Waals surface area contributed by atoms with Gasteiger partial charge in [0, 0.05) is 18.3 Å². The zero-order valence-corrected chi connectivity index (χ0v) is 7.70. The van der Waals surface area contributed by atoms with Crippen LogP contribution in [-0.4, -0.2) is 17.6 Å². The van der Waals surface area contributed by atoms with Crippen LogP contribution >= 0.6 is 0 Å². The van der Waals surface area contributed by atoms with Crippen LogP contribution < -0.4 is 10.1 Å². The van der Waals surface area contributed by atoms with E-state index in [2.05, 4.69) is 10.3 Å². The summed E-state index contributed by atoms with van der Waals surface area (Å²) in [6, 6.07) is 5.27. The third-order valence-electron chi connectivity index (χ3n) is 1.38. The standard InChI is InChI=1S/C9H12N2O2/c1-3-10-9(12)13-8-6-4-5-7(2)11-8/h4-6H,3H2,1-2H3,(H,10,12). The van der Waals surface area contributed by atoms with E-state index in [1.165, 1.54) is 0 Å². The normalized spacial score (nSPS) is 9.38. The second kappa shape index (κ2) is 4.45. The molecule has 4 heteroatoms. The molecular weight excluding hydrogens is 168 g/mol. The molecule has 13 heavy (non-hydrogen) atoms. The highest BCUT2D eigenvalue weighted by Gasteiger charge is 2.02. The van der Waals surface area contributed by atoms with Crippen molar-refractivity contribution in [2.45, 2.75) is 13.8 Å². The van der Waals surface area contributed by atoms with Gasteiger partial charge in [0.1, 0.15) is 0 Å². The number of aryl methyl sites for hydroxylation is 1. The van der Waals surface area contributed by atoms with E-state index >= 15 is 0 Å². The molecule has 1 aromatic heterocycles. The summed E-state index contributed by atoms with van der Waals surface area (Å²) in [6.45, 7) is 4.21. The lowest BCUT2D eigenvalue weighted by Crippen LogP contribution is -2.26. The van der Waals surface area contributed by atoms with E-state index < -0.39 is 6.09 Å². The maximum Gasteiger partial charge on any atom is 0.413 e. The average Bonchev–Trinajstić information content (AvgIpc) is 2.04. The van der Waals surface area contributed by atoms with Crippen LogP contribution in [0.3, 0.4) is 0 Å². The number of rotatable bonds is 2. The number of ether oxygens (including phenoxy) is 1. The Morgan fingerprint density at radius 3 is 3.00 bits per heavy atom. The highest BCUT2D eigenvalue weighted by Crippen LogP contribution is 2.06. The first kappa shape index (κ1) is 9.51. The maximum atomic E-state index is 11.0. The smallest absolute Gasteiger partial charge is 0.391 e. The molecule has 0 radical (unpaired) electrons. The molecule has 0 bridgehead atoms. The van der Waals surface area contributed by atoms with Gasteiger partial charge in [0.15, 0.2) is 0 Å². The molecule has 4 nitrogen and oxygen atoms in total. The highest BCUT2D eigenvalue weighted by molar-refractivity contribution is 5.69. The Morgan fingerprint density at radius 2 is 2.38 bits per heavy atom. The Labute approximate surface area is 76.9 Å². The van der Waals surface area contributed by atoms with Gasteiger partial charge in [-0.2, -0.15) is 0 Å². The van der Waals surface area contributed by atoms with Crippen molar-refractivity contribution in [3.05, 3.63) is 23.9 Å². The first-order chi connectivity index (χ1) is 6.22. The van der Waals surface area contributed by atoms with E-state index in [1.807, 2.05) is 19.9 Å². The fourth-order valence-corrected chi connectivity index (χ4v) is 0.850. The molecule has 1 aromatic rings. The number of hydrogen-bond donors (Lipinski definition) is 1. The van der Waals surface area contributed by atoms with Crippen molar-refractivity contribution in [3.63, 3.8) is 0 Å². The van der Waals surface area contributed by atoms with Crippen LogP contribution in [-0.2, 0) is 0 Å². The Morgan fingerprint density at radius 1 is 1.62 bits per heavy atom. The third-order valence-corrected chi connectivity index (χ3v) is 1.38. The first-order valence-electron chi connectivity index (χ1n) is 4.11. The van der Waals surface area contributed by atoms with Gasteiger partial charge < -0.3 is 10.1 Å². The van der Waals surface area contributed by atoms with Crippen LogP contribution in [0.15, 0.2) is 18.2 Å². The van der Waals surface area contributed by atoms with Gasteiger partial charge in [-0.05, 0) is 19.9 Å². The summed E-state index contributed by atoms with van der Waals surface area (Å²) < 4.78 is 4.87. The Bertz CT molecular complexity index is 299. The summed E-state index contributed by atoms with van der Waals surface area (Å²) in [7, 11) is 0. The van der Waals surface area contributed by atoms with Crippen molar-refractivity contribution in [2.24, 2.45) is 0 Å². The number of pyridine rings is 1.